The van der Waals surface area contributed by atoms with Crippen molar-refractivity contribution in [2.45, 2.75) is 19.8 Å². The van der Waals surface area contributed by atoms with Crippen LogP contribution >= 0.6 is 0 Å². The second kappa shape index (κ2) is 7.61. The first-order valence-corrected chi connectivity index (χ1v) is 5.71. The molecule has 3 N–H and O–H groups in total. The van der Waals surface area contributed by atoms with Gasteiger partial charge in [0.2, 0.25) is 11.9 Å². The van der Waals surface area contributed by atoms with Crippen LogP contribution in [0.1, 0.15) is 19.8 Å². The van der Waals surface area contributed by atoms with E-state index in [9.17, 15) is 0 Å². The van der Waals surface area contributed by atoms with Gasteiger partial charge in [0.1, 0.15) is 0 Å². The Morgan fingerprint density at radius 1 is 1.24 bits per heavy atom. The van der Waals surface area contributed by atoms with E-state index < -0.39 is 0 Å². The Morgan fingerprint density at radius 2 is 2.00 bits per heavy atom. The SMILES string of the molecule is CCCOc1nc(NC)nc(NCCCO)n1. The molecule has 0 aliphatic rings. The summed E-state index contributed by atoms with van der Waals surface area (Å²) < 4.78 is 5.35. The van der Waals surface area contributed by atoms with Crippen LogP contribution in [0, 0.1) is 0 Å². The van der Waals surface area contributed by atoms with Crippen LogP contribution in [0.3, 0.4) is 0 Å². The molecule has 0 spiro atoms. The summed E-state index contributed by atoms with van der Waals surface area (Å²) in [4.78, 5) is 12.3. The van der Waals surface area contributed by atoms with Crippen molar-refractivity contribution in [2.24, 2.45) is 0 Å². The predicted octanol–water partition coefficient (Wildman–Crippen LogP) is 0.496. The van der Waals surface area contributed by atoms with Gasteiger partial charge in [-0.15, -0.1) is 0 Å². The Kier molecular flexibility index (Phi) is 6.02. The topological polar surface area (TPSA) is 92.2 Å². The third-order valence-electron chi connectivity index (χ3n) is 1.89. The molecular weight excluding hydrogens is 222 g/mol. The summed E-state index contributed by atoms with van der Waals surface area (Å²) in [5, 5.41) is 14.5. The first-order valence-electron chi connectivity index (χ1n) is 5.71. The second-order valence-electron chi connectivity index (χ2n) is 3.37. The fourth-order valence-electron chi connectivity index (χ4n) is 1.08. The van der Waals surface area contributed by atoms with Crippen LogP contribution in [-0.2, 0) is 0 Å². The number of nitrogens with zero attached hydrogens (tertiary/aromatic N) is 3. The molecule has 17 heavy (non-hydrogen) atoms. The first kappa shape index (κ1) is 13.4. The van der Waals surface area contributed by atoms with Gasteiger partial charge in [0.15, 0.2) is 0 Å². The molecule has 0 atom stereocenters. The maximum absolute atomic E-state index is 8.69. The Hall–Kier alpha value is -1.63. The quantitative estimate of drug-likeness (QED) is 0.570. The molecule has 96 valence electrons. The fourth-order valence-corrected chi connectivity index (χ4v) is 1.08. The lowest BCUT2D eigenvalue weighted by Crippen LogP contribution is -2.11. The number of aliphatic hydroxyl groups is 1. The van der Waals surface area contributed by atoms with Gasteiger partial charge >= 0.3 is 6.01 Å². The van der Waals surface area contributed by atoms with E-state index in [2.05, 4.69) is 25.6 Å². The van der Waals surface area contributed by atoms with E-state index in [1.807, 2.05) is 6.92 Å². The normalized spacial score (nSPS) is 10.1. The molecule has 1 heterocycles. The number of anilines is 2. The van der Waals surface area contributed by atoms with Crippen LogP contribution in [-0.4, -0.2) is 46.9 Å². The number of hydrogen-bond acceptors (Lipinski definition) is 7. The summed E-state index contributed by atoms with van der Waals surface area (Å²) in [5.74, 6) is 0.904. The molecular formula is C10H19N5O2. The first-order chi connectivity index (χ1) is 8.30. The zero-order chi connectivity index (χ0) is 12.5. The summed E-state index contributed by atoms with van der Waals surface area (Å²) in [6.45, 7) is 3.33. The van der Waals surface area contributed by atoms with Crippen LogP contribution in [0.5, 0.6) is 6.01 Å². The predicted molar refractivity (Wildman–Crippen MR) is 65.4 cm³/mol. The van der Waals surface area contributed by atoms with Gasteiger partial charge in [-0.25, -0.2) is 0 Å². The Labute approximate surface area is 101 Å². The van der Waals surface area contributed by atoms with Gasteiger partial charge in [0, 0.05) is 20.2 Å². The van der Waals surface area contributed by atoms with Crippen molar-refractivity contribution in [3.05, 3.63) is 0 Å². The molecule has 0 aromatic carbocycles. The van der Waals surface area contributed by atoms with E-state index in [1.54, 1.807) is 7.05 Å². The van der Waals surface area contributed by atoms with E-state index in [1.165, 1.54) is 0 Å². The summed E-state index contributed by atoms with van der Waals surface area (Å²) in [6.07, 6.45) is 1.54. The lowest BCUT2D eigenvalue weighted by Gasteiger charge is -2.08. The van der Waals surface area contributed by atoms with Gasteiger partial charge in [0.25, 0.3) is 0 Å². The van der Waals surface area contributed by atoms with Gasteiger partial charge in [-0.2, -0.15) is 15.0 Å². The highest BCUT2D eigenvalue weighted by Crippen LogP contribution is 2.10. The van der Waals surface area contributed by atoms with Crippen molar-refractivity contribution in [3.8, 4) is 6.01 Å². The molecule has 0 aliphatic heterocycles. The molecule has 7 heteroatoms. The minimum atomic E-state index is 0.135. The van der Waals surface area contributed by atoms with Crippen molar-refractivity contribution in [1.82, 2.24) is 15.0 Å². The molecule has 0 aliphatic carbocycles. The molecule has 1 rings (SSSR count). The summed E-state index contributed by atoms with van der Waals surface area (Å²) in [5.41, 5.74) is 0. The Morgan fingerprint density at radius 3 is 2.65 bits per heavy atom. The van der Waals surface area contributed by atoms with Crippen LogP contribution in [0.2, 0.25) is 0 Å². The van der Waals surface area contributed by atoms with Crippen molar-refractivity contribution in [1.29, 1.82) is 0 Å². The van der Waals surface area contributed by atoms with E-state index in [0.29, 0.717) is 37.5 Å². The smallest absolute Gasteiger partial charge is 0.323 e. The zero-order valence-electron chi connectivity index (χ0n) is 10.2. The number of aromatic nitrogens is 3. The molecule has 0 bridgehead atoms. The average Bonchev–Trinajstić information content (AvgIpc) is 2.36. The van der Waals surface area contributed by atoms with E-state index in [4.69, 9.17) is 9.84 Å². The summed E-state index contributed by atoms with van der Waals surface area (Å²) in [6, 6.07) is 0.303. The summed E-state index contributed by atoms with van der Waals surface area (Å²) >= 11 is 0. The molecule has 0 unspecified atom stereocenters. The molecule has 0 radical (unpaired) electrons. The van der Waals surface area contributed by atoms with Gasteiger partial charge in [-0.1, -0.05) is 6.92 Å². The largest absolute Gasteiger partial charge is 0.463 e. The third-order valence-corrected chi connectivity index (χ3v) is 1.89. The lowest BCUT2D eigenvalue weighted by atomic mass is 10.4. The summed E-state index contributed by atoms with van der Waals surface area (Å²) in [7, 11) is 1.73. The van der Waals surface area contributed by atoms with Crippen molar-refractivity contribution in [2.75, 3.05) is 37.4 Å². The standard InChI is InChI=1S/C10H19N5O2/c1-3-7-17-10-14-8(11-2)13-9(15-10)12-5-4-6-16/h16H,3-7H2,1-2H3,(H2,11,12,13,14,15). The highest BCUT2D eigenvalue weighted by atomic mass is 16.5. The van der Waals surface area contributed by atoms with Crippen molar-refractivity contribution in [3.63, 3.8) is 0 Å². The van der Waals surface area contributed by atoms with Gasteiger partial charge in [-0.3, -0.25) is 0 Å². The fraction of sp³-hybridized carbons (Fsp3) is 0.700. The molecule has 0 saturated heterocycles. The molecule has 7 nitrogen and oxygen atoms in total. The van der Waals surface area contributed by atoms with Crippen molar-refractivity contribution < 1.29 is 9.84 Å². The molecule has 1 aromatic heterocycles. The van der Waals surface area contributed by atoms with Crippen LogP contribution in [0.25, 0.3) is 0 Å². The lowest BCUT2D eigenvalue weighted by molar-refractivity contribution is 0.290. The third kappa shape index (κ3) is 4.81. The number of hydrogen-bond donors (Lipinski definition) is 3. The molecule has 1 aromatic rings. The number of aliphatic hydroxyl groups excluding tert-OH is 1. The van der Waals surface area contributed by atoms with Crippen LogP contribution in [0.4, 0.5) is 11.9 Å². The van der Waals surface area contributed by atoms with Gasteiger partial charge < -0.3 is 20.5 Å². The van der Waals surface area contributed by atoms with E-state index >= 15 is 0 Å². The number of rotatable bonds is 8. The minimum Gasteiger partial charge on any atom is -0.463 e. The van der Waals surface area contributed by atoms with Crippen LogP contribution < -0.4 is 15.4 Å². The van der Waals surface area contributed by atoms with E-state index in [-0.39, 0.29) is 6.61 Å². The highest BCUT2D eigenvalue weighted by Gasteiger charge is 2.05. The van der Waals surface area contributed by atoms with Crippen LogP contribution in [0.15, 0.2) is 0 Å². The maximum Gasteiger partial charge on any atom is 0.323 e. The zero-order valence-corrected chi connectivity index (χ0v) is 10.2. The van der Waals surface area contributed by atoms with Crippen molar-refractivity contribution >= 4 is 11.9 Å². The maximum atomic E-state index is 8.69. The number of ether oxygens (including phenoxy) is 1. The second-order valence-corrected chi connectivity index (χ2v) is 3.37. The van der Waals surface area contributed by atoms with E-state index in [0.717, 1.165) is 6.42 Å². The van der Waals surface area contributed by atoms with Gasteiger partial charge in [-0.05, 0) is 12.8 Å². The molecule has 0 saturated carbocycles. The minimum absolute atomic E-state index is 0.135. The Bertz CT molecular complexity index is 334. The number of nitrogens with one attached hydrogen (secondary N) is 2. The average molecular weight is 241 g/mol. The van der Waals surface area contributed by atoms with Gasteiger partial charge in [0.05, 0.1) is 6.61 Å². The highest BCUT2D eigenvalue weighted by molar-refractivity contribution is 5.35. The monoisotopic (exact) mass is 241 g/mol. The Balaban J connectivity index is 2.67. The molecule has 0 amide bonds. The molecule has 0 fully saturated rings.